The summed E-state index contributed by atoms with van der Waals surface area (Å²) >= 11 is 0. The van der Waals surface area contributed by atoms with Gasteiger partial charge in [0.2, 0.25) is 0 Å². The molecule has 19 atom stereocenters. The van der Waals surface area contributed by atoms with Crippen molar-refractivity contribution in [2.45, 2.75) is 178 Å². The molecule has 3 aliphatic heterocycles. The van der Waals surface area contributed by atoms with Crippen molar-refractivity contribution in [2.75, 3.05) is 49.1 Å². The molecule has 352 valence electrons. The average Bonchev–Trinajstić information content (AvgIpc) is 3.20. The molecule has 0 aromatic carbocycles. The topological polar surface area (TPSA) is 257 Å². The minimum Gasteiger partial charge on any atom is -0.462 e. The Balaban J connectivity index is 2.07. The Morgan fingerprint density at radius 1 is 0.883 bits per heavy atom. The molecule has 3 saturated heterocycles. The Morgan fingerprint density at radius 2 is 1.48 bits per heavy atom. The van der Waals surface area contributed by atoms with Crippen LogP contribution in [0.25, 0.3) is 0 Å². The van der Waals surface area contributed by atoms with E-state index in [9.17, 15) is 40.6 Å². The summed E-state index contributed by atoms with van der Waals surface area (Å²) in [6.45, 7) is 9.72. The number of likely N-dealkylation sites (N-methyl/N-ethyl adjacent to an activating group) is 1. The fourth-order valence-electron chi connectivity index (χ4n) is 8.94. The Labute approximate surface area is 355 Å². The molecule has 0 saturated carbocycles. The number of aliphatic hydroxyl groups is 6. The highest BCUT2D eigenvalue weighted by atomic mass is 16.7. The lowest BCUT2D eigenvalue weighted by atomic mass is 9.77. The number of hydrogen-bond donors (Lipinski definition) is 7. The van der Waals surface area contributed by atoms with Crippen LogP contribution in [0.5, 0.6) is 0 Å². The molecule has 0 aromatic rings. The third-order valence-corrected chi connectivity index (χ3v) is 12.9. The van der Waals surface area contributed by atoms with Gasteiger partial charge in [-0.05, 0) is 72.4 Å². The maximum Gasteiger partial charge on any atom is 0.308 e. The van der Waals surface area contributed by atoms with Gasteiger partial charge in [-0.3, -0.25) is 4.79 Å². The van der Waals surface area contributed by atoms with Crippen LogP contribution in [0, 0.1) is 23.7 Å². The van der Waals surface area contributed by atoms with Gasteiger partial charge in [0, 0.05) is 46.7 Å². The zero-order valence-electron chi connectivity index (χ0n) is 37.5. The predicted octanol–water partition coefficient (Wildman–Crippen LogP) is 0.633. The first kappa shape index (κ1) is 52.7. The van der Waals surface area contributed by atoms with Gasteiger partial charge in [0.1, 0.15) is 30.5 Å². The Hall–Kier alpha value is -1.66. The Morgan fingerprint density at radius 3 is 2.03 bits per heavy atom. The lowest BCUT2D eigenvalue weighted by Crippen LogP contribution is -2.63. The number of rotatable bonds is 13. The summed E-state index contributed by atoms with van der Waals surface area (Å²) in [5, 5.41) is 82.8. The molecular weight excluding hydrogens is 792 g/mol. The molecule has 0 spiro atoms. The van der Waals surface area contributed by atoms with Crippen molar-refractivity contribution in [3.8, 4) is 0 Å². The van der Waals surface area contributed by atoms with Crippen molar-refractivity contribution in [1.82, 2.24) is 4.90 Å². The number of esters is 1. The fourth-order valence-corrected chi connectivity index (χ4v) is 8.94. The van der Waals surface area contributed by atoms with Crippen molar-refractivity contribution in [1.29, 1.82) is 0 Å². The molecule has 3 fully saturated rings. The van der Waals surface area contributed by atoms with Crippen LogP contribution in [0.4, 0.5) is 0 Å². The van der Waals surface area contributed by atoms with Crippen molar-refractivity contribution in [2.24, 2.45) is 28.8 Å². The van der Waals surface area contributed by atoms with Gasteiger partial charge in [-0.15, -0.1) is 0 Å². The molecule has 7 N–H and O–H groups in total. The van der Waals surface area contributed by atoms with Gasteiger partial charge in [-0.25, -0.2) is 0 Å². The number of aliphatic hydroxyl groups excluding tert-OH is 5. The summed E-state index contributed by atoms with van der Waals surface area (Å²) in [5.74, 6) is -3.71. The van der Waals surface area contributed by atoms with Gasteiger partial charge in [-0.2, -0.15) is 0 Å². The molecule has 0 bridgehead atoms. The highest BCUT2D eigenvalue weighted by molar-refractivity contribution is 5.86. The van der Waals surface area contributed by atoms with E-state index in [-0.39, 0.29) is 38.7 Å². The van der Waals surface area contributed by atoms with E-state index >= 15 is 0 Å². The second-order valence-electron chi connectivity index (χ2n) is 17.3. The minimum atomic E-state index is -1.85. The molecule has 19 heteroatoms. The van der Waals surface area contributed by atoms with Gasteiger partial charge in [0.25, 0.3) is 0 Å². The number of hydrogen-bond acceptors (Lipinski definition) is 19. The number of nitrogens with zero attached hydrogens (tertiary/aromatic N) is 2. The van der Waals surface area contributed by atoms with Gasteiger partial charge in [0.05, 0.1) is 67.0 Å². The van der Waals surface area contributed by atoms with E-state index in [1.807, 2.05) is 6.92 Å². The van der Waals surface area contributed by atoms with Crippen molar-refractivity contribution < 1.29 is 83.3 Å². The van der Waals surface area contributed by atoms with Gasteiger partial charge >= 0.3 is 5.97 Å². The third-order valence-electron chi connectivity index (χ3n) is 12.9. The number of carbonyl (C=O) groups excluding carboxylic acids is 1. The summed E-state index contributed by atoms with van der Waals surface area (Å²) in [5.41, 5.74) is -1.54. The van der Waals surface area contributed by atoms with Crippen molar-refractivity contribution in [3.05, 3.63) is 0 Å². The van der Waals surface area contributed by atoms with Crippen LogP contribution in [0.15, 0.2) is 5.16 Å². The lowest BCUT2D eigenvalue weighted by molar-refractivity contribution is -0.308. The number of oxime groups is 1. The molecule has 0 aromatic heterocycles. The molecule has 3 heterocycles. The molecule has 3 rings (SSSR count). The molecule has 0 radical (unpaired) electrons. The van der Waals surface area contributed by atoms with E-state index in [0.29, 0.717) is 5.71 Å². The second kappa shape index (κ2) is 23.9. The Kier molecular flexibility index (Phi) is 21.0. The van der Waals surface area contributed by atoms with Gasteiger partial charge in [-0.1, -0.05) is 25.9 Å². The van der Waals surface area contributed by atoms with Gasteiger partial charge in [0.15, 0.2) is 18.9 Å². The summed E-state index contributed by atoms with van der Waals surface area (Å²) in [7, 11) is 9.23. The van der Waals surface area contributed by atoms with Crippen LogP contribution in [-0.4, -0.2) is 199 Å². The summed E-state index contributed by atoms with van der Waals surface area (Å²) < 4.78 is 53.1. The van der Waals surface area contributed by atoms with E-state index in [4.69, 9.17) is 42.6 Å². The van der Waals surface area contributed by atoms with Crippen LogP contribution in [-0.2, 0) is 47.4 Å². The number of carbonyl (C=O) groups is 1. The Bertz CT molecular complexity index is 1310. The zero-order valence-corrected chi connectivity index (χ0v) is 37.5. The number of methoxy groups -OCH3 is 4. The molecule has 60 heavy (non-hydrogen) atoms. The van der Waals surface area contributed by atoms with Crippen molar-refractivity contribution in [3.63, 3.8) is 0 Å². The smallest absolute Gasteiger partial charge is 0.308 e. The predicted molar refractivity (Wildman–Crippen MR) is 215 cm³/mol. The number of cyclic esters (lactones) is 1. The largest absolute Gasteiger partial charge is 0.462 e. The monoisotopic (exact) mass is 869 g/mol. The molecule has 3 aliphatic rings. The maximum atomic E-state index is 13.8. The quantitative estimate of drug-likeness (QED) is 0.0580. The van der Waals surface area contributed by atoms with E-state index < -0.39 is 134 Å². The maximum absolute atomic E-state index is 13.8. The van der Waals surface area contributed by atoms with Crippen LogP contribution in [0.3, 0.4) is 0 Å². The van der Waals surface area contributed by atoms with Crippen LogP contribution >= 0.6 is 0 Å². The molecule has 0 amide bonds. The zero-order chi connectivity index (χ0) is 45.2. The first-order valence-corrected chi connectivity index (χ1v) is 21.1. The van der Waals surface area contributed by atoms with Crippen molar-refractivity contribution >= 4 is 11.7 Å². The van der Waals surface area contributed by atoms with Crippen LogP contribution in [0.1, 0.15) is 80.1 Å². The van der Waals surface area contributed by atoms with E-state index in [1.54, 1.807) is 46.7 Å². The standard InChI is InChI=1S/C41H76N2O17/c1-13-28-25(19-56-40-37(55-12)36(54-11)33(47)23(5)58-40)38(49)41(6,50)15-14-26(42-51)20(2)16-24(17-30(52-9)53-10)35(21(3)27(44)18-29(45)59-28)60-39-34(48)31(43(7)8)32(46)22(4)57-39/h20-25,27-28,30-40,44,46-51H,13-19H2,1-12H3/b42-26-/t20-,21+,22-,23-,24-,25?,27-,28-,31+,32-,33-,34-,35-,36-,37-,38?,39+,40-,41?/m1/s1. The van der Waals surface area contributed by atoms with Crippen LogP contribution in [0.2, 0.25) is 0 Å². The lowest BCUT2D eigenvalue weighted by Gasteiger charge is -2.47. The summed E-state index contributed by atoms with van der Waals surface area (Å²) in [6, 6.07) is -0.760. The van der Waals surface area contributed by atoms with E-state index in [1.165, 1.54) is 35.4 Å². The molecule has 3 unspecified atom stereocenters. The first-order valence-electron chi connectivity index (χ1n) is 21.1. The highest BCUT2D eigenvalue weighted by Gasteiger charge is 2.49. The minimum absolute atomic E-state index is 0.0348. The summed E-state index contributed by atoms with van der Waals surface area (Å²) in [4.78, 5) is 15.5. The SMILES string of the molecule is CC[C@H]1OC(=O)C[C@@H](O)[C@H](C)[C@@H](O[C@@H]2O[C@H](C)[C@@H](O)[C@H](N(C)C)[C@H]2O)[C@@H](CC(OC)OC)C[C@@H](C)/C(=N\O)CCC(C)(O)C(O)C1CO[C@@H]1O[C@H](C)[C@@H](O)[C@@H](OC)[C@H]1OC. The first-order chi connectivity index (χ1) is 28.2. The third kappa shape index (κ3) is 13.0. The molecular formula is C41H76N2O17. The fraction of sp³-hybridized carbons (Fsp3) is 0.951. The van der Waals surface area contributed by atoms with E-state index in [2.05, 4.69) is 5.16 Å². The normalized spacial score (nSPS) is 44.0. The second-order valence-corrected chi connectivity index (χ2v) is 17.3. The van der Waals surface area contributed by atoms with Crippen LogP contribution < -0.4 is 0 Å². The summed E-state index contributed by atoms with van der Waals surface area (Å²) in [6.07, 6.45) is -14.5. The number of ether oxygens (including phenoxy) is 9. The molecule has 19 nitrogen and oxygen atoms in total. The van der Waals surface area contributed by atoms with E-state index in [0.717, 1.165) is 0 Å². The highest BCUT2D eigenvalue weighted by Crippen LogP contribution is 2.37. The van der Waals surface area contributed by atoms with Gasteiger partial charge < -0.3 is 83.4 Å². The molecule has 0 aliphatic carbocycles. The average molecular weight is 869 g/mol.